The molecule has 2 amide bonds. The van der Waals surface area contributed by atoms with Crippen molar-refractivity contribution in [1.82, 2.24) is 4.98 Å². The lowest BCUT2D eigenvalue weighted by molar-refractivity contribution is -0.116. The van der Waals surface area contributed by atoms with Crippen molar-refractivity contribution >= 4 is 34.7 Å². The molecule has 0 fully saturated rings. The number of carbonyl (C=O) groups excluding carboxylic acids is 2. The summed E-state index contributed by atoms with van der Waals surface area (Å²) in [6.45, 7) is 1.46. The van der Waals surface area contributed by atoms with Crippen molar-refractivity contribution in [2.45, 2.75) is 13.3 Å². The van der Waals surface area contributed by atoms with E-state index < -0.39 is 0 Å². The van der Waals surface area contributed by atoms with Gasteiger partial charge in [0.1, 0.15) is 5.82 Å². The van der Waals surface area contributed by atoms with Crippen molar-refractivity contribution in [2.75, 3.05) is 16.0 Å². The number of amides is 2. The second-order valence-electron chi connectivity index (χ2n) is 6.03. The van der Waals surface area contributed by atoms with E-state index in [1.54, 1.807) is 18.3 Å². The molecule has 6 nitrogen and oxygen atoms in total. The summed E-state index contributed by atoms with van der Waals surface area (Å²) < 4.78 is 0. The van der Waals surface area contributed by atoms with E-state index in [0.29, 0.717) is 23.6 Å². The molecule has 2 aromatic carbocycles. The fraction of sp³-hybridized carbons (Fsp3) is 0.0952. The molecule has 27 heavy (non-hydrogen) atoms. The molecule has 3 rings (SSSR count). The molecule has 0 saturated carbocycles. The normalized spacial score (nSPS) is 10.1. The summed E-state index contributed by atoms with van der Waals surface area (Å²) in [6, 6.07) is 20.5. The number of nitrogens with zero attached hydrogens (tertiary/aromatic N) is 1. The topological polar surface area (TPSA) is 83.1 Å². The van der Waals surface area contributed by atoms with Gasteiger partial charge in [0.25, 0.3) is 0 Å². The van der Waals surface area contributed by atoms with Crippen LogP contribution < -0.4 is 16.0 Å². The molecule has 0 radical (unpaired) electrons. The Balaban J connectivity index is 1.58. The molecule has 0 aliphatic heterocycles. The Morgan fingerprint density at radius 3 is 2.33 bits per heavy atom. The monoisotopic (exact) mass is 360 g/mol. The van der Waals surface area contributed by atoms with Crippen molar-refractivity contribution in [2.24, 2.45) is 0 Å². The van der Waals surface area contributed by atoms with Gasteiger partial charge < -0.3 is 16.0 Å². The Bertz CT molecular complexity index is 924. The van der Waals surface area contributed by atoms with Gasteiger partial charge in [-0.05, 0) is 35.9 Å². The number of anilines is 4. The molecule has 0 spiro atoms. The third-order valence-electron chi connectivity index (χ3n) is 3.71. The third-order valence-corrected chi connectivity index (χ3v) is 3.71. The molecule has 3 N–H and O–H groups in total. The Morgan fingerprint density at radius 2 is 1.63 bits per heavy atom. The Labute approximate surface area is 157 Å². The van der Waals surface area contributed by atoms with E-state index in [0.717, 1.165) is 11.3 Å². The van der Waals surface area contributed by atoms with Gasteiger partial charge in [-0.2, -0.15) is 0 Å². The van der Waals surface area contributed by atoms with Crippen molar-refractivity contribution in [1.29, 1.82) is 0 Å². The lowest BCUT2D eigenvalue weighted by Crippen LogP contribution is -2.14. The fourth-order valence-electron chi connectivity index (χ4n) is 2.55. The molecule has 6 heteroatoms. The number of hydrogen-bond donors (Lipinski definition) is 3. The van der Waals surface area contributed by atoms with Gasteiger partial charge in [0.15, 0.2) is 0 Å². The summed E-state index contributed by atoms with van der Waals surface area (Å²) in [6.07, 6.45) is 1.92. The van der Waals surface area contributed by atoms with Gasteiger partial charge in [0.2, 0.25) is 11.8 Å². The van der Waals surface area contributed by atoms with Gasteiger partial charge in [-0.25, -0.2) is 4.98 Å². The second kappa shape index (κ2) is 8.62. The lowest BCUT2D eigenvalue weighted by atomic mass is 10.1. The lowest BCUT2D eigenvalue weighted by Gasteiger charge is -2.09. The van der Waals surface area contributed by atoms with Gasteiger partial charge in [-0.1, -0.05) is 36.4 Å². The molecule has 1 aromatic heterocycles. The highest BCUT2D eigenvalue weighted by atomic mass is 16.2. The summed E-state index contributed by atoms with van der Waals surface area (Å²) in [7, 11) is 0. The van der Waals surface area contributed by atoms with Crippen LogP contribution >= 0.6 is 0 Å². The molecule has 0 unspecified atom stereocenters. The highest BCUT2D eigenvalue weighted by molar-refractivity contribution is 5.92. The largest absolute Gasteiger partial charge is 0.340 e. The minimum atomic E-state index is -0.124. The molecule has 0 aliphatic carbocycles. The summed E-state index contributed by atoms with van der Waals surface area (Å²) in [5.74, 6) is 0.420. The van der Waals surface area contributed by atoms with E-state index in [2.05, 4.69) is 20.9 Å². The van der Waals surface area contributed by atoms with Crippen LogP contribution in [0.2, 0.25) is 0 Å². The highest BCUT2D eigenvalue weighted by Crippen LogP contribution is 2.20. The molecular weight excluding hydrogens is 340 g/mol. The van der Waals surface area contributed by atoms with Crippen LogP contribution in [0, 0.1) is 0 Å². The maximum absolute atomic E-state index is 12.1. The van der Waals surface area contributed by atoms with Crippen molar-refractivity contribution in [3.63, 3.8) is 0 Å². The van der Waals surface area contributed by atoms with E-state index in [4.69, 9.17) is 0 Å². The SMILES string of the molecule is CC(=O)Nc1cccc(Nc2ccc(NC(=O)Cc3ccccc3)cn2)c1. The van der Waals surface area contributed by atoms with Gasteiger partial charge in [0.05, 0.1) is 18.3 Å². The Morgan fingerprint density at radius 1 is 0.852 bits per heavy atom. The first-order chi connectivity index (χ1) is 13.1. The maximum atomic E-state index is 12.1. The van der Waals surface area contributed by atoms with Crippen LogP contribution in [-0.4, -0.2) is 16.8 Å². The smallest absolute Gasteiger partial charge is 0.228 e. The average molecular weight is 360 g/mol. The third kappa shape index (κ3) is 5.67. The number of carbonyl (C=O) groups is 2. The number of nitrogens with one attached hydrogen (secondary N) is 3. The van der Waals surface area contributed by atoms with Crippen LogP contribution in [0.5, 0.6) is 0 Å². The van der Waals surface area contributed by atoms with Crippen LogP contribution in [-0.2, 0) is 16.0 Å². The molecule has 0 saturated heterocycles. The molecule has 0 atom stereocenters. The average Bonchev–Trinajstić information content (AvgIpc) is 2.64. The van der Waals surface area contributed by atoms with Gasteiger partial charge in [-0.15, -0.1) is 0 Å². The van der Waals surface area contributed by atoms with Gasteiger partial charge >= 0.3 is 0 Å². The second-order valence-corrected chi connectivity index (χ2v) is 6.03. The molecule has 136 valence electrons. The minimum Gasteiger partial charge on any atom is -0.340 e. The van der Waals surface area contributed by atoms with E-state index in [1.165, 1.54) is 6.92 Å². The maximum Gasteiger partial charge on any atom is 0.228 e. The zero-order valence-corrected chi connectivity index (χ0v) is 14.9. The van der Waals surface area contributed by atoms with E-state index >= 15 is 0 Å². The van der Waals surface area contributed by atoms with Crippen molar-refractivity contribution in [3.05, 3.63) is 78.5 Å². The highest BCUT2D eigenvalue weighted by Gasteiger charge is 2.05. The van der Waals surface area contributed by atoms with E-state index in [-0.39, 0.29) is 11.8 Å². The molecular formula is C21H20N4O2. The summed E-state index contributed by atoms with van der Waals surface area (Å²) >= 11 is 0. The van der Waals surface area contributed by atoms with Gasteiger partial charge in [-0.3, -0.25) is 9.59 Å². The van der Waals surface area contributed by atoms with Crippen molar-refractivity contribution in [3.8, 4) is 0 Å². The predicted molar refractivity (Wildman–Crippen MR) is 107 cm³/mol. The Kier molecular flexibility index (Phi) is 5.79. The van der Waals surface area contributed by atoms with Crippen LogP contribution in [0.15, 0.2) is 72.9 Å². The Hall–Kier alpha value is -3.67. The first kappa shape index (κ1) is 18.1. The first-order valence-corrected chi connectivity index (χ1v) is 8.53. The number of pyridine rings is 1. The standard InChI is InChI=1S/C21H20N4O2/c1-15(26)23-17-8-5-9-18(13-17)24-20-11-10-19(14-22-20)25-21(27)12-16-6-3-2-4-7-16/h2-11,13-14H,12H2,1H3,(H,22,24)(H,23,26)(H,25,27). The van der Waals surface area contributed by atoms with Crippen LogP contribution in [0.1, 0.15) is 12.5 Å². The fourth-order valence-corrected chi connectivity index (χ4v) is 2.55. The zero-order chi connectivity index (χ0) is 19.1. The van der Waals surface area contributed by atoms with Crippen LogP contribution in [0.25, 0.3) is 0 Å². The summed E-state index contributed by atoms with van der Waals surface area (Å²) in [5.41, 5.74) is 3.10. The van der Waals surface area contributed by atoms with E-state index in [1.807, 2.05) is 54.6 Å². The van der Waals surface area contributed by atoms with Gasteiger partial charge in [0, 0.05) is 18.3 Å². The molecule has 0 bridgehead atoms. The number of rotatable bonds is 6. The number of benzene rings is 2. The predicted octanol–water partition coefficient (Wildman–Crippen LogP) is 3.96. The number of hydrogen-bond acceptors (Lipinski definition) is 4. The molecule has 1 heterocycles. The first-order valence-electron chi connectivity index (χ1n) is 8.53. The summed E-state index contributed by atoms with van der Waals surface area (Å²) in [4.78, 5) is 27.6. The number of aromatic nitrogens is 1. The minimum absolute atomic E-state index is 0.0910. The summed E-state index contributed by atoms with van der Waals surface area (Å²) in [5, 5.41) is 8.73. The van der Waals surface area contributed by atoms with E-state index in [9.17, 15) is 9.59 Å². The van der Waals surface area contributed by atoms with Crippen LogP contribution in [0.3, 0.4) is 0 Å². The van der Waals surface area contributed by atoms with Crippen molar-refractivity contribution < 1.29 is 9.59 Å². The quantitative estimate of drug-likeness (QED) is 0.621. The van der Waals surface area contributed by atoms with Crippen LogP contribution in [0.4, 0.5) is 22.9 Å². The zero-order valence-electron chi connectivity index (χ0n) is 14.9. The molecule has 0 aliphatic rings. The molecule has 3 aromatic rings.